The van der Waals surface area contributed by atoms with E-state index in [0.29, 0.717) is 21.4 Å². The first-order chi connectivity index (χ1) is 10.3. The summed E-state index contributed by atoms with van der Waals surface area (Å²) in [6.07, 6.45) is 0. The van der Waals surface area contributed by atoms with Crippen LogP contribution in [0.4, 0.5) is 5.69 Å². The first-order valence-corrected chi connectivity index (χ1v) is 7.43. The van der Waals surface area contributed by atoms with Gasteiger partial charge in [0.25, 0.3) is 11.8 Å². The summed E-state index contributed by atoms with van der Waals surface area (Å²) >= 11 is 3.35. The summed E-state index contributed by atoms with van der Waals surface area (Å²) in [5, 5.41) is 6.99. The number of aromatic nitrogens is 2. The lowest BCUT2D eigenvalue weighted by Gasteiger charge is -2.11. The van der Waals surface area contributed by atoms with Gasteiger partial charge in [-0.05, 0) is 35.0 Å². The highest BCUT2D eigenvalue weighted by atomic mass is 79.9. The number of amides is 2. The maximum atomic E-state index is 12.4. The molecule has 1 aromatic carbocycles. The zero-order valence-electron chi connectivity index (χ0n) is 12.8. The Morgan fingerprint density at radius 2 is 1.91 bits per heavy atom. The van der Waals surface area contributed by atoms with Crippen LogP contribution < -0.4 is 5.32 Å². The van der Waals surface area contributed by atoms with Crippen LogP contribution in [-0.2, 0) is 7.05 Å². The van der Waals surface area contributed by atoms with Gasteiger partial charge in [0.2, 0.25) is 0 Å². The van der Waals surface area contributed by atoms with Gasteiger partial charge in [0.1, 0.15) is 0 Å². The molecule has 0 saturated heterocycles. The van der Waals surface area contributed by atoms with Crippen LogP contribution in [0.15, 0.2) is 28.7 Å². The van der Waals surface area contributed by atoms with Crippen molar-refractivity contribution in [2.75, 3.05) is 19.4 Å². The molecule has 2 rings (SSSR count). The lowest BCUT2D eigenvalue weighted by Crippen LogP contribution is -2.24. The molecule has 1 N–H and O–H groups in total. The Balaban J connectivity index is 2.39. The highest BCUT2D eigenvalue weighted by Crippen LogP contribution is 2.23. The van der Waals surface area contributed by atoms with Crippen LogP contribution in [0.5, 0.6) is 0 Å². The van der Waals surface area contributed by atoms with E-state index in [1.54, 1.807) is 50.9 Å². The van der Waals surface area contributed by atoms with Crippen LogP contribution in [0.1, 0.15) is 26.5 Å². The Morgan fingerprint density at radius 1 is 1.27 bits per heavy atom. The van der Waals surface area contributed by atoms with Crippen molar-refractivity contribution in [3.05, 3.63) is 45.7 Å². The van der Waals surface area contributed by atoms with Crippen LogP contribution in [0, 0.1) is 6.92 Å². The number of nitrogens with one attached hydrogen (secondary N) is 1. The van der Waals surface area contributed by atoms with Crippen molar-refractivity contribution in [1.29, 1.82) is 0 Å². The van der Waals surface area contributed by atoms with Gasteiger partial charge in [-0.3, -0.25) is 14.3 Å². The third kappa shape index (κ3) is 3.04. The van der Waals surface area contributed by atoms with Crippen LogP contribution >= 0.6 is 15.9 Å². The Kier molecular flexibility index (Phi) is 4.65. The molecule has 1 aromatic heterocycles. The average molecular weight is 365 g/mol. The number of hydrogen-bond acceptors (Lipinski definition) is 3. The summed E-state index contributed by atoms with van der Waals surface area (Å²) in [7, 11) is 5.02. The molecule has 0 saturated carbocycles. The summed E-state index contributed by atoms with van der Waals surface area (Å²) in [5.74, 6) is -0.553. The maximum Gasteiger partial charge on any atom is 0.276 e. The van der Waals surface area contributed by atoms with Gasteiger partial charge in [0, 0.05) is 25.6 Å². The van der Waals surface area contributed by atoms with Crippen molar-refractivity contribution in [3.8, 4) is 0 Å². The minimum Gasteiger partial charge on any atom is -0.343 e. The number of hydrogen-bond donors (Lipinski definition) is 1. The molecular weight excluding hydrogens is 348 g/mol. The van der Waals surface area contributed by atoms with E-state index in [1.807, 2.05) is 6.07 Å². The lowest BCUT2D eigenvalue weighted by atomic mass is 10.2. The maximum absolute atomic E-state index is 12.4. The second-order valence-electron chi connectivity index (χ2n) is 5.07. The molecule has 0 aliphatic rings. The van der Waals surface area contributed by atoms with Crippen molar-refractivity contribution in [1.82, 2.24) is 14.7 Å². The zero-order valence-corrected chi connectivity index (χ0v) is 14.4. The Labute approximate surface area is 137 Å². The second-order valence-corrected chi connectivity index (χ2v) is 5.92. The number of carbonyl (C=O) groups is 2. The molecule has 0 aliphatic heterocycles. The van der Waals surface area contributed by atoms with Gasteiger partial charge in [-0.2, -0.15) is 5.10 Å². The molecule has 0 unspecified atom stereocenters. The summed E-state index contributed by atoms with van der Waals surface area (Å²) in [6, 6.07) is 7.11. The molecule has 7 heteroatoms. The molecule has 2 aromatic rings. The topological polar surface area (TPSA) is 67.2 Å². The van der Waals surface area contributed by atoms with Crippen molar-refractivity contribution in [3.63, 3.8) is 0 Å². The fourth-order valence-electron chi connectivity index (χ4n) is 1.95. The lowest BCUT2D eigenvalue weighted by molar-refractivity contribution is 0.0822. The molecule has 0 radical (unpaired) electrons. The van der Waals surface area contributed by atoms with Gasteiger partial charge in [-0.15, -0.1) is 0 Å². The normalized spacial score (nSPS) is 10.4. The van der Waals surface area contributed by atoms with Crippen LogP contribution in [0.3, 0.4) is 0 Å². The molecular formula is C15H17BrN4O2. The van der Waals surface area contributed by atoms with Crippen molar-refractivity contribution >= 4 is 33.4 Å². The molecule has 0 atom stereocenters. The minimum atomic E-state index is -0.295. The quantitative estimate of drug-likeness (QED) is 0.909. The van der Waals surface area contributed by atoms with E-state index in [0.717, 1.165) is 0 Å². The van der Waals surface area contributed by atoms with E-state index >= 15 is 0 Å². The van der Waals surface area contributed by atoms with E-state index < -0.39 is 0 Å². The molecule has 0 aliphatic carbocycles. The largest absolute Gasteiger partial charge is 0.343 e. The molecule has 0 fully saturated rings. The highest BCUT2D eigenvalue weighted by molar-refractivity contribution is 9.10. The minimum absolute atomic E-state index is 0.227. The number of benzene rings is 1. The van der Waals surface area contributed by atoms with Crippen molar-refractivity contribution in [2.24, 2.45) is 7.05 Å². The van der Waals surface area contributed by atoms with Gasteiger partial charge < -0.3 is 10.2 Å². The SMILES string of the molecule is Cc1c(NC(=O)c2ccccc2Br)c(C(=O)N(C)C)nn1C. The van der Waals surface area contributed by atoms with Gasteiger partial charge in [-0.1, -0.05) is 12.1 Å². The number of nitrogens with zero attached hydrogens (tertiary/aromatic N) is 3. The van der Waals surface area contributed by atoms with E-state index in [1.165, 1.54) is 4.90 Å². The van der Waals surface area contributed by atoms with Crippen LogP contribution in [0.2, 0.25) is 0 Å². The average Bonchev–Trinajstić information content (AvgIpc) is 2.75. The molecule has 116 valence electrons. The van der Waals surface area contributed by atoms with Gasteiger partial charge in [0.05, 0.1) is 16.9 Å². The number of carbonyl (C=O) groups excluding carboxylic acids is 2. The van der Waals surface area contributed by atoms with E-state index in [2.05, 4.69) is 26.3 Å². The summed E-state index contributed by atoms with van der Waals surface area (Å²) in [4.78, 5) is 26.1. The predicted octanol–water partition coefficient (Wildman–Crippen LogP) is 2.45. The Hall–Kier alpha value is -2.15. The summed E-state index contributed by atoms with van der Waals surface area (Å²) < 4.78 is 2.27. The van der Waals surface area contributed by atoms with E-state index in [-0.39, 0.29) is 17.5 Å². The smallest absolute Gasteiger partial charge is 0.276 e. The first kappa shape index (κ1) is 16.2. The molecule has 1 heterocycles. The Morgan fingerprint density at radius 3 is 2.50 bits per heavy atom. The van der Waals surface area contributed by atoms with Gasteiger partial charge >= 0.3 is 0 Å². The van der Waals surface area contributed by atoms with Crippen molar-refractivity contribution < 1.29 is 9.59 Å². The molecule has 22 heavy (non-hydrogen) atoms. The second kappa shape index (κ2) is 6.31. The van der Waals surface area contributed by atoms with Crippen LogP contribution in [0.25, 0.3) is 0 Å². The fourth-order valence-corrected chi connectivity index (χ4v) is 2.41. The predicted molar refractivity (Wildman–Crippen MR) is 88.1 cm³/mol. The highest BCUT2D eigenvalue weighted by Gasteiger charge is 2.23. The molecule has 0 spiro atoms. The number of rotatable bonds is 3. The Bertz CT molecular complexity index is 737. The van der Waals surface area contributed by atoms with E-state index in [9.17, 15) is 9.59 Å². The van der Waals surface area contributed by atoms with Crippen molar-refractivity contribution in [2.45, 2.75) is 6.92 Å². The first-order valence-electron chi connectivity index (χ1n) is 6.64. The van der Waals surface area contributed by atoms with Gasteiger partial charge in [-0.25, -0.2) is 0 Å². The molecule has 6 nitrogen and oxygen atoms in total. The summed E-state index contributed by atoms with van der Waals surface area (Å²) in [5.41, 5.74) is 1.87. The third-order valence-electron chi connectivity index (χ3n) is 3.30. The summed E-state index contributed by atoms with van der Waals surface area (Å²) in [6.45, 7) is 1.80. The number of halogens is 1. The number of anilines is 1. The third-order valence-corrected chi connectivity index (χ3v) is 3.99. The zero-order chi connectivity index (χ0) is 16.4. The monoisotopic (exact) mass is 364 g/mol. The standard InChI is InChI=1S/C15H17BrN4O2/c1-9-12(13(18-20(9)4)15(22)19(2)3)17-14(21)10-7-5-6-8-11(10)16/h5-8H,1-4H3,(H,17,21). The van der Waals surface area contributed by atoms with Gasteiger partial charge in [0.15, 0.2) is 5.69 Å². The van der Waals surface area contributed by atoms with Crippen LogP contribution in [-0.4, -0.2) is 40.6 Å². The number of aryl methyl sites for hydroxylation is 1. The molecule has 0 bridgehead atoms. The van der Waals surface area contributed by atoms with E-state index in [4.69, 9.17) is 0 Å². The fraction of sp³-hybridized carbons (Fsp3) is 0.267. The molecule has 2 amide bonds.